The summed E-state index contributed by atoms with van der Waals surface area (Å²) in [6, 6.07) is 4.22. The molecule has 0 spiro atoms. The van der Waals surface area contributed by atoms with E-state index in [1.165, 1.54) is 10.8 Å². The zero-order valence-corrected chi connectivity index (χ0v) is 19.4. The number of nitrogens with one attached hydrogen (secondary N) is 2. The van der Waals surface area contributed by atoms with Gasteiger partial charge in [0.1, 0.15) is 24.0 Å². The average Bonchev–Trinajstić information content (AvgIpc) is 2.64. The van der Waals surface area contributed by atoms with E-state index in [1.807, 2.05) is 32.0 Å². The molecular formula is C20H28N2O6S2. The Kier molecular flexibility index (Phi) is 10.8. The van der Waals surface area contributed by atoms with Gasteiger partial charge in [0.2, 0.25) is 0 Å². The number of ether oxygens (including phenoxy) is 3. The van der Waals surface area contributed by atoms with Crippen LogP contribution in [0, 0.1) is 12.3 Å². The van der Waals surface area contributed by atoms with Gasteiger partial charge in [-0.05, 0) is 39.3 Å². The van der Waals surface area contributed by atoms with Crippen molar-refractivity contribution in [2.75, 3.05) is 12.4 Å². The normalized spacial score (nSPS) is 11.9. The van der Waals surface area contributed by atoms with E-state index in [4.69, 9.17) is 19.6 Å². The zero-order chi connectivity index (χ0) is 22.7. The molecule has 8 nitrogen and oxygen atoms in total. The van der Waals surface area contributed by atoms with Gasteiger partial charge in [-0.15, -0.1) is 0 Å². The third-order valence-electron chi connectivity index (χ3n) is 3.31. The van der Waals surface area contributed by atoms with E-state index in [0.717, 1.165) is 22.4 Å². The van der Waals surface area contributed by atoms with E-state index in [0.29, 0.717) is 5.75 Å². The molecule has 0 heterocycles. The number of aryl methyl sites for hydroxylation is 1. The van der Waals surface area contributed by atoms with Gasteiger partial charge in [-0.1, -0.05) is 40.6 Å². The van der Waals surface area contributed by atoms with Gasteiger partial charge in [0.05, 0.1) is 11.3 Å². The molecule has 0 aromatic heterocycles. The minimum absolute atomic E-state index is 0.271. The van der Waals surface area contributed by atoms with Crippen LogP contribution in [0.15, 0.2) is 23.1 Å². The first-order valence-electron chi connectivity index (χ1n) is 9.32. The van der Waals surface area contributed by atoms with Crippen molar-refractivity contribution in [3.63, 3.8) is 0 Å². The van der Waals surface area contributed by atoms with Gasteiger partial charge in [0, 0.05) is 12.0 Å². The molecule has 0 saturated carbocycles. The molecule has 30 heavy (non-hydrogen) atoms. The number of rotatable bonds is 10. The molecule has 0 bridgehead atoms. The van der Waals surface area contributed by atoms with Crippen molar-refractivity contribution in [1.29, 1.82) is 5.41 Å². The second-order valence-electron chi connectivity index (χ2n) is 7.10. The number of carbonyl (C=O) groups excluding carboxylic acids is 3. The number of para-hydroxylation sites is 1. The second kappa shape index (κ2) is 12.5. The fraction of sp³-hybridized carbons (Fsp3) is 0.500. The molecule has 0 fully saturated rings. The Balaban J connectivity index is 2.93. The fourth-order valence-electron chi connectivity index (χ4n) is 2.13. The molecule has 1 aromatic rings. The lowest BCUT2D eigenvalue weighted by Gasteiger charge is -2.22. The van der Waals surface area contributed by atoms with Crippen LogP contribution in [0.1, 0.15) is 39.7 Å². The second-order valence-corrected chi connectivity index (χ2v) is 9.73. The van der Waals surface area contributed by atoms with Crippen LogP contribution < -0.4 is 10.1 Å². The largest absolute Gasteiger partial charge is 0.458 e. The molecule has 166 valence electrons. The summed E-state index contributed by atoms with van der Waals surface area (Å²) >= 11 is 0. The molecule has 1 atom stereocenters. The maximum absolute atomic E-state index is 12.6. The van der Waals surface area contributed by atoms with Crippen LogP contribution in [-0.2, 0) is 19.1 Å². The van der Waals surface area contributed by atoms with Crippen LogP contribution in [0.25, 0.3) is 0 Å². The molecule has 1 amide bonds. The lowest BCUT2D eigenvalue weighted by molar-refractivity contribution is -0.148. The van der Waals surface area contributed by atoms with E-state index < -0.39 is 36.1 Å². The molecule has 0 aliphatic rings. The Labute approximate surface area is 184 Å². The van der Waals surface area contributed by atoms with E-state index in [2.05, 4.69) is 5.32 Å². The number of hydrogen-bond donors (Lipinski definition) is 2. The van der Waals surface area contributed by atoms with Crippen LogP contribution in [0.3, 0.4) is 0 Å². The Morgan fingerprint density at radius 1 is 1.27 bits per heavy atom. The van der Waals surface area contributed by atoms with Crippen molar-refractivity contribution in [3.05, 3.63) is 23.8 Å². The molecular weight excluding hydrogens is 428 g/mol. The highest BCUT2D eigenvalue weighted by molar-refractivity contribution is 8.76. The minimum Gasteiger partial charge on any atom is -0.458 e. The molecule has 0 saturated heterocycles. The van der Waals surface area contributed by atoms with E-state index in [-0.39, 0.29) is 6.61 Å². The Hall–Kier alpha value is -2.20. The molecule has 10 heteroatoms. The number of esters is 2. The summed E-state index contributed by atoms with van der Waals surface area (Å²) in [5.41, 5.74) is -0.00816. The van der Waals surface area contributed by atoms with Crippen molar-refractivity contribution >= 4 is 45.8 Å². The van der Waals surface area contributed by atoms with Crippen molar-refractivity contribution in [1.82, 2.24) is 5.32 Å². The smallest absolute Gasteiger partial charge is 0.408 e. The summed E-state index contributed by atoms with van der Waals surface area (Å²) in [7, 11) is 3.10. The first-order valence-corrected chi connectivity index (χ1v) is 11.6. The first kappa shape index (κ1) is 25.8. The number of hydrogen-bond acceptors (Lipinski definition) is 9. The Morgan fingerprint density at radius 3 is 2.57 bits per heavy atom. The highest BCUT2D eigenvalue weighted by atomic mass is 33.1. The maximum Gasteiger partial charge on any atom is 0.408 e. The lowest BCUT2D eigenvalue weighted by atomic mass is 10.2. The van der Waals surface area contributed by atoms with Crippen LogP contribution in [0.5, 0.6) is 5.75 Å². The van der Waals surface area contributed by atoms with Crippen LogP contribution in [0.4, 0.5) is 4.79 Å². The molecule has 1 aromatic carbocycles. The Morgan fingerprint density at radius 2 is 1.97 bits per heavy atom. The van der Waals surface area contributed by atoms with E-state index in [1.54, 1.807) is 31.6 Å². The fourth-order valence-corrected chi connectivity index (χ4v) is 3.92. The number of carbonyl (C=O) groups is 3. The average molecular weight is 457 g/mol. The SMILES string of the molecule is CCSSc1cccc(C)c1OC(=O)C[C@H](NC(=O)OC(C)(C)C)C(=O)OCC=N. The summed E-state index contributed by atoms with van der Waals surface area (Å²) in [4.78, 5) is 37.7. The van der Waals surface area contributed by atoms with Gasteiger partial charge in [-0.25, -0.2) is 9.59 Å². The van der Waals surface area contributed by atoms with Gasteiger partial charge >= 0.3 is 18.0 Å². The highest BCUT2D eigenvalue weighted by Gasteiger charge is 2.29. The molecule has 0 unspecified atom stereocenters. The lowest BCUT2D eigenvalue weighted by Crippen LogP contribution is -2.46. The van der Waals surface area contributed by atoms with Gasteiger partial charge in [-0.3, -0.25) is 4.79 Å². The molecule has 1 rings (SSSR count). The third-order valence-corrected chi connectivity index (χ3v) is 5.77. The maximum atomic E-state index is 12.6. The van der Waals surface area contributed by atoms with Gasteiger partial charge < -0.3 is 24.9 Å². The van der Waals surface area contributed by atoms with Crippen LogP contribution in [-0.4, -0.2) is 48.2 Å². The molecule has 0 aliphatic carbocycles. The molecule has 0 radical (unpaired) electrons. The number of alkyl carbamates (subject to hydrolysis) is 1. The third kappa shape index (κ3) is 9.53. The van der Waals surface area contributed by atoms with Crippen molar-refractivity contribution in [2.24, 2.45) is 0 Å². The Bertz CT molecular complexity index is 764. The first-order chi connectivity index (χ1) is 14.1. The van der Waals surface area contributed by atoms with Gasteiger partial charge in [0.15, 0.2) is 0 Å². The highest BCUT2D eigenvalue weighted by Crippen LogP contribution is 2.39. The molecule has 0 aliphatic heterocycles. The van der Waals surface area contributed by atoms with Crippen molar-refractivity contribution in [3.8, 4) is 5.75 Å². The summed E-state index contributed by atoms with van der Waals surface area (Å²) < 4.78 is 15.5. The molecule has 2 N–H and O–H groups in total. The predicted molar refractivity (Wildman–Crippen MR) is 118 cm³/mol. The van der Waals surface area contributed by atoms with Crippen molar-refractivity contribution < 1.29 is 28.6 Å². The standard InChI is InChI=1S/C20H28N2O6S2/c1-6-29-30-15-9-7-8-13(2)17(15)27-16(23)12-14(18(24)26-11-10-21)22-19(25)28-20(3,4)5/h7-10,14,21H,6,11-12H2,1-5H3,(H,22,25)/t14-/m0/s1. The van der Waals surface area contributed by atoms with Gasteiger partial charge in [0.25, 0.3) is 0 Å². The van der Waals surface area contributed by atoms with Crippen LogP contribution >= 0.6 is 21.6 Å². The minimum atomic E-state index is -1.31. The van der Waals surface area contributed by atoms with Gasteiger partial charge in [-0.2, -0.15) is 0 Å². The monoisotopic (exact) mass is 456 g/mol. The summed E-state index contributed by atoms with van der Waals surface area (Å²) in [6.07, 6.45) is -0.420. The predicted octanol–water partition coefficient (Wildman–Crippen LogP) is 4.14. The number of benzene rings is 1. The van der Waals surface area contributed by atoms with Crippen molar-refractivity contribution in [2.45, 2.75) is 57.6 Å². The number of amides is 1. The topological polar surface area (TPSA) is 115 Å². The zero-order valence-electron chi connectivity index (χ0n) is 17.8. The van der Waals surface area contributed by atoms with E-state index >= 15 is 0 Å². The summed E-state index contributed by atoms with van der Waals surface area (Å²) in [5.74, 6) is -0.271. The van der Waals surface area contributed by atoms with Crippen LogP contribution in [0.2, 0.25) is 0 Å². The summed E-state index contributed by atoms with van der Waals surface area (Å²) in [6.45, 7) is 8.59. The quantitative estimate of drug-likeness (QED) is 0.234. The van der Waals surface area contributed by atoms with E-state index in [9.17, 15) is 14.4 Å². The summed E-state index contributed by atoms with van der Waals surface area (Å²) in [5, 5.41) is 9.32.